The first-order valence-electron chi connectivity index (χ1n) is 7.07. The molecule has 0 aromatic carbocycles. The molecule has 0 radical (unpaired) electrons. The topological polar surface area (TPSA) is 81.9 Å². The van der Waals surface area contributed by atoms with Crippen LogP contribution in [-0.4, -0.2) is 56.9 Å². The highest BCUT2D eigenvalue weighted by atomic mass is 28.3. The maximum atomic E-state index is 11.9. The van der Waals surface area contributed by atoms with Crippen molar-refractivity contribution in [2.24, 2.45) is 5.73 Å². The molecule has 1 fully saturated rings. The third-order valence-corrected chi connectivity index (χ3v) is 4.84. The minimum atomic E-state index is -1.19. The molecule has 1 amide bonds. The van der Waals surface area contributed by atoms with Crippen molar-refractivity contribution in [1.82, 2.24) is 4.90 Å². The van der Waals surface area contributed by atoms with E-state index < -0.39 is 20.1 Å². The van der Waals surface area contributed by atoms with Gasteiger partial charge in [-0.2, -0.15) is 0 Å². The van der Waals surface area contributed by atoms with E-state index >= 15 is 0 Å². The van der Waals surface area contributed by atoms with Crippen LogP contribution in [0.2, 0.25) is 25.7 Å². The van der Waals surface area contributed by atoms with E-state index in [4.69, 9.17) is 15.2 Å². The zero-order valence-corrected chi connectivity index (χ0v) is 13.8. The largest absolute Gasteiger partial charge is 0.459 e. The molecule has 1 aliphatic heterocycles. The summed E-state index contributed by atoms with van der Waals surface area (Å²) in [4.78, 5) is 24.8. The fourth-order valence-corrected chi connectivity index (χ4v) is 2.51. The van der Waals surface area contributed by atoms with Gasteiger partial charge in [-0.25, -0.2) is 4.79 Å². The lowest BCUT2D eigenvalue weighted by atomic mass is 10.3. The lowest BCUT2D eigenvalue weighted by Gasteiger charge is -2.19. The summed E-state index contributed by atoms with van der Waals surface area (Å²) >= 11 is 0. The summed E-state index contributed by atoms with van der Waals surface area (Å²) in [6.07, 6.45) is 0.0577. The van der Waals surface area contributed by atoms with Gasteiger partial charge in [-0.15, -0.1) is 0 Å². The summed E-state index contributed by atoms with van der Waals surface area (Å²) in [6, 6.07) is 0.322. The van der Waals surface area contributed by atoms with E-state index in [1.807, 2.05) is 0 Å². The van der Waals surface area contributed by atoms with Crippen LogP contribution in [0.25, 0.3) is 0 Å². The molecule has 1 heterocycles. The van der Waals surface area contributed by atoms with Crippen molar-refractivity contribution < 1.29 is 19.1 Å². The summed E-state index contributed by atoms with van der Waals surface area (Å²) < 4.78 is 10.5. The summed E-state index contributed by atoms with van der Waals surface area (Å²) in [6.45, 7) is 9.71. The summed E-state index contributed by atoms with van der Waals surface area (Å²) in [5, 5.41) is 0. The number of ether oxygens (including phenoxy) is 2. The smallest absolute Gasteiger partial charge is 0.409 e. The fraction of sp³-hybridized carbons (Fsp3) is 0.846. The number of likely N-dealkylation sites (tertiary alicyclic amines) is 1. The molecule has 0 aliphatic carbocycles. The number of carbonyl (C=O) groups is 2. The molecular formula is C13H26N2O4Si. The van der Waals surface area contributed by atoms with Gasteiger partial charge in [0.1, 0.15) is 12.1 Å². The molecular weight excluding hydrogens is 276 g/mol. The number of nitrogens with two attached hydrogens (primary N) is 1. The maximum absolute atomic E-state index is 11.9. The minimum Gasteiger partial charge on any atom is -0.459 e. The molecule has 0 aromatic heterocycles. The van der Waals surface area contributed by atoms with Crippen LogP contribution in [0.1, 0.15) is 13.3 Å². The summed E-state index contributed by atoms with van der Waals surface area (Å²) in [7, 11) is -1.19. The third kappa shape index (κ3) is 5.92. The maximum Gasteiger partial charge on any atom is 0.409 e. The molecule has 1 aliphatic rings. The minimum absolute atomic E-state index is 0.266. The zero-order valence-electron chi connectivity index (χ0n) is 12.8. The molecule has 2 atom stereocenters. The van der Waals surface area contributed by atoms with Crippen LogP contribution in [0.4, 0.5) is 4.79 Å². The molecule has 116 valence electrons. The van der Waals surface area contributed by atoms with Gasteiger partial charge in [0.05, 0.1) is 13.2 Å². The molecule has 0 bridgehead atoms. The Balaban J connectivity index is 2.29. The molecule has 1 saturated heterocycles. The average Bonchev–Trinajstić information content (AvgIpc) is 2.75. The van der Waals surface area contributed by atoms with Crippen molar-refractivity contribution in [3.8, 4) is 0 Å². The second-order valence-corrected chi connectivity index (χ2v) is 12.1. The van der Waals surface area contributed by atoms with Gasteiger partial charge in [-0.05, 0) is 13.0 Å². The van der Waals surface area contributed by atoms with Crippen LogP contribution in [0, 0.1) is 0 Å². The highest BCUT2D eigenvalue weighted by Gasteiger charge is 2.30. The molecule has 2 N–H and O–H groups in total. The molecule has 1 rings (SSSR count). The summed E-state index contributed by atoms with van der Waals surface area (Å²) in [5.74, 6) is -0.427. The molecule has 20 heavy (non-hydrogen) atoms. The lowest BCUT2D eigenvalue weighted by Crippen LogP contribution is -2.35. The quantitative estimate of drug-likeness (QED) is 0.613. The molecule has 0 unspecified atom stereocenters. The van der Waals surface area contributed by atoms with Gasteiger partial charge in [0, 0.05) is 21.0 Å². The lowest BCUT2D eigenvalue weighted by molar-refractivity contribution is -0.149. The van der Waals surface area contributed by atoms with E-state index in [2.05, 4.69) is 19.6 Å². The standard InChI is InChI=1S/C13H26N2O4Si/c1-10(14)12(16)19-11-5-6-15(9-11)13(17)18-7-8-20(2,3)4/h10-11H,5-9,14H2,1-4H3/t10-,11-/m0/s1. The Morgan fingerprint density at radius 3 is 2.60 bits per heavy atom. The third-order valence-electron chi connectivity index (χ3n) is 3.14. The van der Waals surface area contributed by atoms with E-state index in [9.17, 15) is 9.59 Å². The van der Waals surface area contributed by atoms with Crippen molar-refractivity contribution in [1.29, 1.82) is 0 Å². The Labute approximate surface area is 121 Å². The Bertz CT molecular complexity index is 355. The highest BCUT2D eigenvalue weighted by Crippen LogP contribution is 2.15. The van der Waals surface area contributed by atoms with Gasteiger partial charge >= 0.3 is 12.1 Å². The van der Waals surface area contributed by atoms with Crippen molar-refractivity contribution in [3.63, 3.8) is 0 Å². The van der Waals surface area contributed by atoms with Gasteiger partial charge in [-0.3, -0.25) is 4.79 Å². The first kappa shape index (κ1) is 17.0. The Kier molecular flexibility index (Phi) is 6.00. The van der Waals surface area contributed by atoms with E-state index in [-0.39, 0.29) is 12.2 Å². The summed E-state index contributed by atoms with van der Waals surface area (Å²) in [5.41, 5.74) is 5.44. The van der Waals surface area contributed by atoms with Gasteiger partial charge < -0.3 is 20.1 Å². The number of hydrogen-bond acceptors (Lipinski definition) is 5. The van der Waals surface area contributed by atoms with Gasteiger partial charge in [-0.1, -0.05) is 19.6 Å². The first-order valence-corrected chi connectivity index (χ1v) is 10.8. The molecule has 7 heteroatoms. The SMILES string of the molecule is C[C@H](N)C(=O)O[C@H]1CCN(C(=O)OCC[Si](C)(C)C)C1. The van der Waals surface area contributed by atoms with Crippen LogP contribution in [0.15, 0.2) is 0 Å². The van der Waals surface area contributed by atoms with Crippen molar-refractivity contribution >= 4 is 20.1 Å². The second-order valence-electron chi connectivity index (χ2n) is 6.51. The van der Waals surface area contributed by atoms with Crippen molar-refractivity contribution in [2.45, 2.75) is 51.2 Å². The van der Waals surface area contributed by atoms with Gasteiger partial charge in [0.25, 0.3) is 0 Å². The molecule has 6 nitrogen and oxygen atoms in total. The Hall–Kier alpha value is -1.08. The van der Waals surface area contributed by atoms with Crippen LogP contribution in [0.5, 0.6) is 0 Å². The second kappa shape index (κ2) is 7.08. The highest BCUT2D eigenvalue weighted by molar-refractivity contribution is 6.76. The van der Waals surface area contributed by atoms with E-state index in [0.29, 0.717) is 26.1 Å². The van der Waals surface area contributed by atoms with Crippen molar-refractivity contribution in [2.75, 3.05) is 19.7 Å². The number of rotatable bonds is 5. The van der Waals surface area contributed by atoms with Crippen molar-refractivity contribution in [3.05, 3.63) is 0 Å². The molecule has 0 aromatic rings. The monoisotopic (exact) mass is 302 g/mol. The fourth-order valence-electron chi connectivity index (χ4n) is 1.80. The van der Waals surface area contributed by atoms with E-state index in [1.54, 1.807) is 11.8 Å². The van der Waals surface area contributed by atoms with Crippen LogP contribution < -0.4 is 5.73 Å². The zero-order chi connectivity index (χ0) is 15.3. The first-order chi connectivity index (χ1) is 9.19. The predicted octanol–water partition coefficient (Wildman–Crippen LogP) is 1.43. The predicted molar refractivity (Wildman–Crippen MR) is 79.2 cm³/mol. The number of hydrogen-bond donors (Lipinski definition) is 1. The molecule has 0 spiro atoms. The number of carbonyl (C=O) groups excluding carboxylic acids is 2. The number of nitrogens with zero attached hydrogens (tertiary/aromatic N) is 1. The number of esters is 1. The normalized spacial score (nSPS) is 20.6. The number of amides is 1. The van der Waals surface area contributed by atoms with Crippen LogP contribution in [-0.2, 0) is 14.3 Å². The van der Waals surface area contributed by atoms with E-state index in [1.165, 1.54) is 0 Å². The van der Waals surface area contributed by atoms with Crippen LogP contribution >= 0.6 is 0 Å². The Morgan fingerprint density at radius 2 is 2.05 bits per heavy atom. The van der Waals surface area contributed by atoms with Gasteiger partial charge in [0.2, 0.25) is 0 Å². The van der Waals surface area contributed by atoms with Gasteiger partial charge in [0.15, 0.2) is 0 Å². The Morgan fingerprint density at radius 1 is 1.40 bits per heavy atom. The van der Waals surface area contributed by atoms with Crippen LogP contribution in [0.3, 0.4) is 0 Å². The molecule has 0 saturated carbocycles. The average molecular weight is 302 g/mol. The van der Waals surface area contributed by atoms with E-state index in [0.717, 1.165) is 6.04 Å².